The van der Waals surface area contributed by atoms with E-state index >= 15 is 0 Å². The lowest BCUT2D eigenvalue weighted by atomic mass is 10.1. The lowest BCUT2D eigenvalue weighted by Crippen LogP contribution is -2.38. The molecule has 0 unspecified atom stereocenters. The standard InChI is InChI=1S/C24H18ClN3O2S/c1-15-23(27-24(31-15)19-7-2-3-10-26-19)17-8-9-21-20(12-17)28(22(29)14-30-21)13-16-5-4-6-18(25)11-16/h2-12H,13-14H2,1H3. The van der Waals surface area contributed by atoms with Gasteiger partial charge in [-0.2, -0.15) is 0 Å². The molecule has 7 heteroatoms. The van der Waals surface area contributed by atoms with Crippen LogP contribution in [0.5, 0.6) is 5.75 Å². The van der Waals surface area contributed by atoms with Gasteiger partial charge in [0.25, 0.3) is 5.91 Å². The van der Waals surface area contributed by atoms with E-state index in [1.54, 1.807) is 22.4 Å². The third kappa shape index (κ3) is 3.92. The maximum Gasteiger partial charge on any atom is 0.265 e. The van der Waals surface area contributed by atoms with Crippen LogP contribution in [-0.4, -0.2) is 22.5 Å². The molecule has 0 spiro atoms. The maximum absolute atomic E-state index is 12.7. The predicted octanol–water partition coefficient (Wildman–Crippen LogP) is 5.76. The Morgan fingerprint density at radius 1 is 1.13 bits per heavy atom. The summed E-state index contributed by atoms with van der Waals surface area (Å²) in [6.45, 7) is 2.49. The number of hydrogen-bond acceptors (Lipinski definition) is 5. The van der Waals surface area contributed by atoms with Crippen LogP contribution >= 0.6 is 22.9 Å². The fourth-order valence-corrected chi connectivity index (χ4v) is 4.73. The van der Waals surface area contributed by atoms with Gasteiger partial charge in [0.15, 0.2) is 6.61 Å². The highest BCUT2D eigenvalue weighted by Crippen LogP contribution is 2.39. The van der Waals surface area contributed by atoms with Gasteiger partial charge in [-0.3, -0.25) is 9.78 Å². The van der Waals surface area contributed by atoms with Gasteiger partial charge >= 0.3 is 0 Å². The van der Waals surface area contributed by atoms with Crippen molar-refractivity contribution in [2.45, 2.75) is 13.5 Å². The molecule has 2 aromatic heterocycles. The van der Waals surface area contributed by atoms with E-state index in [4.69, 9.17) is 21.3 Å². The van der Waals surface area contributed by atoms with Crippen molar-refractivity contribution in [3.8, 4) is 27.7 Å². The van der Waals surface area contributed by atoms with Crippen molar-refractivity contribution >= 4 is 34.5 Å². The maximum atomic E-state index is 12.7. The van der Waals surface area contributed by atoms with E-state index in [-0.39, 0.29) is 12.5 Å². The fourth-order valence-electron chi connectivity index (χ4n) is 3.60. The molecule has 5 rings (SSSR count). The first kappa shape index (κ1) is 19.7. The Morgan fingerprint density at radius 2 is 2.03 bits per heavy atom. The Bertz CT molecular complexity index is 1270. The molecule has 0 radical (unpaired) electrons. The minimum absolute atomic E-state index is 0.0203. The molecule has 0 fully saturated rings. The average Bonchev–Trinajstić information content (AvgIpc) is 3.18. The van der Waals surface area contributed by atoms with Crippen molar-refractivity contribution in [2.75, 3.05) is 11.5 Å². The van der Waals surface area contributed by atoms with Crippen LogP contribution < -0.4 is 9.64 Å². The molecule has 31 heavy (non-hydrogen) atoms. The summed E-state index contributed by atoms with van der Waals surface area (Å²) in [5, 5.41) is 1.52. The van der Waals surface area contributed by atoms with E-state index in [1.165, 1.54) is 0 Å². The molecule has 2 aromatic carbocycles. The summed E-state index contributed by atoms with van der Waals surface area (Å²) in [6.07, 6.45) is 1.77. The number of thiazole rings is 1. The number of benzene rings is 2. The largest absolute Gasteiger partial charge is 0.482 e. The van der Waals surface area contributed by atoms with E-state index in [1.807, 2.05) is 67.6 Å². The second-order valence-corrected chi connectivity index (χ2v) is 8.86. The molecule has 4 aromatic rings. The molecule has 1 aliphatic rings. The van der Waals surface area contributed by atoms with Crippen molar-refractivity contribution in [2.24, 2.45) is 0 Å². The number of pyridine rings is 1. The van der Waals surface area contributed by atoms with Gasteiger partial charge in [0, 0.05) is 21.7 Å². The predicted molar refractivity (Wildman–Crippen MR) is 124 cm³/mol. The second kappa shape index (κ2) is 8.13. The Morgan fingerprint density at radius 3 is 2.84 bits per heavy atom. The first-order chi connectivity index (χ1) is 15.1. The molecule has 5 nitrogen and oxygen atoms in total. The molecule has 3 heterocycles. The molecule has 1 amide bonds. The van der Waals surface area contributed by atoms with Gasteiger partial charge in [0.1, 0.15) is 10.8 Å². The normalized spacial score (nSPS) is 13.1. The van der Waals surface area contributed by atoms with Crippen LogP contribution in [0.15, 0.2) is 66.9 Å². The van der Waals surface area contributed by atoms with Gasteiger partial charge in [-0.25, -0.2) is 4.98 Å². The smallest absolute Gasteiger partial charge is 0.265 e. The van der Waals surface area contributed by atoms with Gasteiger partial charge in [-0.1, -0.05) is 29.8 Å². The number of carbonyl (C=O) groups excluding carboxylic acids is 1. The first-order valence-electron chi connectivity index (χ1n) is 9.79. The molecule has 0 atom stereocenters. The number of aromatic nitrogens is 2. The van der Waals surface area contributed by atoms with Crippen molar-refractivity contribution < 1.29 is 9.53 Å². The lowest BCUT2D eigenvalue weighted by Gasteiger charge is -2.30. The number of fused-ring (bicyclic) bond motifs is 1. The number of carbonyl (C=O) groups is 1. The Labute approximate surface area is 188 Å². The zero-order valence-corrected chi connectivity index (χ0v) is 18.3. The lowest BCUT2D eigenvalue weighted by molar-refractivity contribution is -0.121. The molecule has 1 aliphatic heterocycles. The van der Waals surface area contributed by atoms with E-state index in [0.29, 0.717) is 17.3 Å². The summed E-state index contributed by atoms with van der Waals surface area (Å²) < 4.78 is 5.68. The molecular formula is C24H18ClN3O2S. The number of aryl methyl sites for hydroxylation is 1. The van der Waals surface area contributed by atoms with Crippen LogP contribution in [0.25, 0.3) is 22.0 Å². The third-order valence-corrected chi connectivity index (χ3v) is 6.31. The molecule has 154 valence electrons. The van der Waals surface area contributed by atoms with Crippen molar-refractivity contribution in [1.82, 2.24) is 9.97 Å². The number of amides is 1. The van der Waals surface area contributed by atoms with E-state index < -0.39 is 0 Å². The van der Waals surface area contributed by atoms with Crippen LogP contribution in [0.4, 0.5) is 5.69 Å². The van der Waals surface area contributed by atoms with Gasteiger partial charge < -0.3 is 9.64 Å². The Hall–Kier alpha value is -3.22. The van der Waals surface area contributed by atoms with Crippen molar-refractivity contribution in [3.63, 3.8) is 0 Å². The van der Waals surface area contributed by atoms with Crippen LogP contribution in [0.1, 0.15) is 10.4 Å². The van der Waals surface area contributed by atoms with Gasteiger partial charge in [0.05, 0.1) is 23.6 Å². The average molecular weight is 448 g/mol. The van der Waals surface area contributed by atoms with Crippen LogP contribution in [0, 0.1) is 6.92 Å². The minimum atomic E-state index is -0.0891. The molecule has 0 bridgehead atoms. The highest BCUT2D eigenvalue weighted by Gasteiger charge is 2.27. The van der Waals surface area contributed by atoms with Crippen molar-refractivity contribution in [3.05, 3.63) is 82.3 Å². The van der Waals surface area contributed by atoms with Crippen LogP contribution in [0.3, 0.4) is 0 Å². The van der Waals surface area contributed by atoms with E-state index in [9.17, 15) is 4.79 Å². The minimum Gasteiger partial charge on any atom is -0.482 e. The summed E-state index contributed by atoms with van der Waals surface area (Å²) >= 11 is 7.74. The molecule has 0 saturated carbocycles. The zero-order chi connectivity index (χ0) is 21.4. The molecular weight excluding hydrogens is 430 g/mol. The molecule has 0 aliphatic carbocycles. The quantitative estimate of drug-likeness (QED) is 0.399. The summed E-state index contributed by atoms with van der Waals surface area (Å²) in [5.74, 6) is 0.594. The number of hydrogen-bond donors (Lipinski definition) is 0. The third-order valence-electron chi connectivity index (χ3n) is 5.09. The van der Waals surface area contributed by atoms with Crippen molar-refractivity contribution in [1.29, 1.82) is 0 Å². The Balaban J connectivity index is 1.53. The Kier molecular flexibility index (Phi) is 5.18. The summed E-state index contributed by atoms with van der Waals surface area (Å²) in [6, 6.07) is 19.2. The highest BCUT2D eigenvalue weighted by atomic mass is 35.5. The summed E-state index contributed by atoms with van der Waals surface area (Å²) in [5.41, 5.74) is 4.36. The van der Waals surface area contributed by atoms with Gasteiger partial charge in [-0.05, 0) is 55.0 Å². The number of rotatable bonds is 4. The van der Waals surface area contributed by atoms with E-state index in [0.717, 1.165) is 38.1 Å². The fraction of sp³-hybridized carbons (Fsp3) is 0.125. The zero-order valence-electron chi connectivity index (χ0n) is 16.7. The topological polar surface area (TPSA) is 55.3 Å². The highest BCUT2D eigenvalue weighted by molar-refractivity contribution is 7.15. The number of halogens is 1. The number of nitrogens with zero attached hydrogens (tertiary/aromatic N) is 3. The molecule has 0 saturated heterocycles. The van der Waals surface area contributed by atoms with Crippen LogP contribution in [-0.2, 0) is 11.3 Å². The summed E-state index contributed by atoms with van der Waals surface area (Å²) in [4.78, 5) is 24.8. The van der Waals surface area contributed by atoms with Gasteiger partial charge in [-0.15, -0.1) is 11.3 Å². The van der Waals surface area contributed by atoms with Gasteiger partial charge in [0.2, 0.25) is 0 Å². The number of anilines is 1. The van der Waals surface area contributed by atoms with E-state index in [2.05, 4.69) is 4.98 Å². The van der Waals surface area contributed by atoms with Crippen LogP contribution in [0.2, 0.25) is 5.02 Å². The SMILES string of the molecule is Cc1sc(-c2ccccn2)nc1-c1ccc2c(c1)N(Cc1cccc(Cl)c1)C(=O)CO2. The monoisotopic (exact) mass is 447 g/mol. The summed E-state index contributed by atoms with van der Waals surface area (Å²) in [7, 11) is 0. The second-order valence-electron chi connectivity index (χ2n) is 7.22. The first-order valence-corrected chi connectivity index (χ1v) is 11.0. The number of ether oxygens (including phenoxy) is 1. The molecule has 0 N–H and O–H groups in total.